The van der Waals surface area contributed by atoms with E-state index in [2.05, 4.69) is 0 Å². The van der Waals surface area contributed by atoms with E-state index in [-0.39, 0.29) is 27.4 Å². The third-order valence-corrected chi connectivity index (χ3v) is 6.09. The molecule has 1 fully saturated rings. The van der Waals surface area contributed by atoms with Crippen molar-refractivity contribution in [3.05, 3.63) is 28.8 Å². The maximum absolute atomic E-state index is 12.8. The summed E-state index contributed by atoms with van der Waals surface area (Å²) < 4.78 is 26.9. The van der Waals surface area contributed by atoms with Crippen molar-refractivity contribution < 1.29 is 8.42 Å². The van der Waals surface area contributed by atoms with E-state index < -0.39 is 10.0 Å². The van der Waals surface area contributed by atoms with Crippen LogP contribution in [0.25, 0.3) is 0 Å². The minimum Gasteiger partial charge on any atom is -0.328 e. The summed E-state index contributed by atoms with van der Waals surface area (Å²) >= 11 is 5.93. The summed E-state index contributed by atoms with van der Waals surface area (Å²) in [5, 5.41) is 9.32. The van der Waals surface area contributed by atoms with Crippen LogP contribution in [0.2, 0.25) is 5.02 Å². The van der Waals surface area contributed by atoms with Crippen LogP contribution in [0.3, 0.4) is 0 Å². The standard InChI is InChI=1S/C14H18ClN3O2S/c1-10(17)11-4-3-7-18(9-11)21(19,20)14-6-2-5-13(15)12(14)8-16/h2,5-6,10-11H,3-4,7,9,17H2,1H3. The molecule has 2 N–H and O–H groups in total. The quantitative estimate of drug-likeness (QED) is 0.919. The van der Waals surface area contributed by atoms with E-state index in [1.807, 2.05) is 13.0 Å². The number of hydrogen-bond donors (Lipinski definition) is 1. The smallest absolute Gasteiger partial charge is 0.244 e. The molecule has 2 unspecified atom stereocenters. The van der Waals surface area contributed by atoms with Gasteiger partial charge < -0.3 is 5.73 Å². The van der Waals surface area contributed by atoms with Gasteiger partial charge in [0.2, 0.25) is 10.0 Å². The molecular formula is C14H18ClN3O2S. The van der Waals surface area contributed by atoms with E-state index in [0.29, 0.717) is 13.1 Å². The normalized spacial score (nSPS) is 21.7. The summed E-state index contributed by atoms with van der Waals surface area (Å²) in [4.78, 5) is -0.0252. The van der Waals surface area contributed by atoms with Crippen LogP contribution in [0.1, 0.15) is 25.3 Å². The SMILES string of the molecule is CC(N)C1CCCN(S(=O)(=O)c2cccc(Cl)c2C#N)C1. The van der Waals surface area contributed by atoms with Crippen LogP contribution in [0.5, 0.6) is 0 Å². The first-order valence-corrected chi connectivity index (χ1v) is 8.64. The lowest BCUT2D eigenvalue weighted by Crippen LogP contribution is -2.45. The van der Waals surface area contributed by atoms with E-state index in [1.165, 1.54) is 16.4 Å². The Labute approximate surface area is 130 Å². The zero-order valence-electron chi connectivity index (χ0n) is 11.8. The van der Waals surface area contributed by atoms with Gasteiger partial charge in [-0.25, -0.2) is 8.42 Å². The van der Waals surface area contributed by atoms with E-state index in [0.717, 1.165) is 12.8 Å². The molecule has 7 heteroatoms. The lowest BCUT2D eigenvalue weighted by molar-refractivity contribution is 0.243. The Morgan fingerprint density at radius 3 is 2.86 bits per heavy atom. The first-order valence-electron chi connectivity index (χ1n) is 6.82. The minimum absolute atomic E-state index is 0.00193. The number of halogens is 1. The van der Waals surface area contributed by atoms with Gasteiger partial charge in [-0.3, -0.25) is 0 Å². The topological polar surface area (TPSA) is 87.2 Å². The summed E-state index contributed by atoms with van der Waals surface area (Å²) in [6.45, 7) is 2.72. The van der Waals surface area contributed by atoms with Crippen LogP contribution < -0.4 is 5.73 Å². The maximum Gasteiger partial charge on any atom is 0.244 e. The lowest BCUT2D eigenvalue weighted by atomic mass is 9.93. The number of piperidine rings is 1. The van der Waals surface area contributed by atoms with Gasteiger partial charge in [-0.2, -0.15) is 9.57 Å². The molecule has 114 valence electrons. The van der Waals surface area contributed by atoms with Crippen molar-refractivity contribution in [3.8, 4) is 6.07 Å². The Morgan fingerprint density at radius 1 is 1.52 bits per heavy atom. The second-order valence-electron chi connectivity index (χ2n) is 5.35. The number of nitriles is 1. The molecule has 1 saturated heterocycles. The zero-order valence-corrected chi connectivity index (χ0v) is 13.4. The molecule has 1 heterocycles. The van der Waals surface area contributed by atoms with Crippen LogP contribution in [0.15, 0.2) is 23.1 Å². The Bertz CT molecular complexity index is 667. The van der Waals surface area contributed by atoms with Crippen molar-refractivity contribution in [1.29, 1.82) is 5.26 Å². The van der Waals surface area contributed by atoms with E-state index in [9.17, 15) is 8.42 Å². The van der Waals surface area contributed by atoms with Crippen LogP contribution in [0.4, 0.5) is 0 Å². The molecular weight excluding hydrogens is 310 g/mol. The van der Waals surface area contributed by atoms with Crippen molar-refractivity contribution in [1.82, 2.24) is 4.31 Å². The monoisotopic (exact) mass is 327 g/mol. The number of nitrogens with two attached hydrogens (primary N) is 1. The van der Waals surface area contributed by atoms with Crippen LogP contribution >= 0.6 is 11.6 Å². The average molecular weight is 328 g/mol. The molecule has 0 bridgehead atoms. The first-order chi connectivity index (χ1) is 9.87. The van der Waals surface area contributed by atoms with E-state index in [4.69, 9.17) is 22.6 Å². The van der Waals surface area contributed by atoms with Crippen molar-refractivity contribution >= 4 is 21.6 Å². The van der Waals surface area contributed by atoms with Crippen LogP contribution in [-0.4, -0.2) is 31.9 Å². The molecule has 1 aromatic carbocycles. The van der Waals surface area contributed by atoms with E-state index in [1.54, 1.807) is 6.07 Å². The highest BCUT2D eigenvalue weighted by Gasteiger charge is 2.33. The average Bonchev–Trinajstić information content (AvgIpc) is 2.47. The Kier molecular flexibility index (Phi) is 4.89. The fourth-order valence-electron chi connectivity index (χ4n) is 2.59. The van der Waals surface area contributed by atoms with Gasteiger partial charge in [0.25, 0.3) is 0 Å². The molecule has 2 rings (SSSR count). The van der Waals surface area contributed by atoms with E-state index >= 15 is 0 Å². The Hall–Kier alpha value is -1.13. The predicted octanol–water partition coefficient (Wildman–Crippen LogP) is 1.96. The summed E-state index contributed by atoms with van der Waals surface area (Å²) in [6, 6.07) is 6.31. The molecule has 0 saturated carbocycles. The van der Waals surface area contributed by atoms with Gasteiger partial charge in [0, 0.05) is 19.1 Å². The zero-order chi connectivity index (χ0) is 15.6. The second-order valence-corrected chi connectivity index (χ2v) is 7.66. The van der Waals surface area contributed by atoms with Crippen molar-refractivity contribution in [2.24, 2.45) is 11.7 Å². The van der Waals surface area contributed by atoms with Crippen LogP contribution in [0, 0.1) is 17.2 Å². The molecule has 0 aliphatic carbocycles. The van der Waals surface area contributed by atoms with Gasteiger partial charge in [-0.05, 0) is 37.8 Å². The van der Waals surface area contributed by atoms with Crippen LogP contribution in [-0.2, 0) is 10.0 Å². The van der Waals surface area contributed by atoms with Crippen molar-refractivity contribution in [3.63, 3.8) is 0 Å². The van der Waals surface area contributed by atoms with Crippen molar-refractivity contribution in [2.45, 2.75) is 30.7 Å². The molecule has 2 atom stereocenters. The fourth-order valence-corrected chi connectivity index (χ4v) is 4.56. The molecule has 0 aromatic heterocycles. The molecule has 0 amide bonds. The Balaban J connectivity index is 2.39. The molecule has 21 heavy (non-hydrogen) atoms. The number of sulfonamides is 1. The third-order valence-electron chi connectivity index (χ3n) is 3.87. The highest BCUT2D eigenvalue weighted by molar-refractivity contribution is 7.89. The highest BCUT2D eigenvalue weighted by atomic mass is 35.5. The third kappa shape index (κ3) is 3.22. The van der Waals surface area contributed by atoms with Gasteiger partial charge in [0.15, 0.2) is 0 Å². The largest absolute Gasteiger partial charge is 0.328 e. The summed E-state index contributed by atoms with van der Waals surface area (Å²) in [7, 11) is -3.72. The molecule has 1 aliphatic rings. The molecule has 5 nitrogen and oxygen atoms in total. The number of benzene rings is 1. The van der Waals surface area contributed by atoms with Gasteiger partial charge in [0.1, 0.15) is 11.0 Å². The second kappa shape index (κ2) is 6.32. The predicted molar refractivity (Wildman–Crippen MR) is 81.3 cm³/mol. The molecule has 1 aliphatic heterocycles. The van der Waals surface area contributed by atoms with Crippen molar-refractivity contribution in [2.75, 3.05) is 13.1 Å². The lowest BCUT2D eigenvalue weighted by Gasteiger charge is -2.33. The highest BCUT2D eigenvalue weighted by Crippen LogP contribution is 2.29. The number of rotatable bonds is 3. The fraction of sp³-hybridized carbons (Fsp3) is 0.500. The maximum atomic E-state index is 12.8. The van der Waals surface area contributed by atoms with Gasteiger partial charge in [-0.1, -0.05) is 17.7 Å². The van der Waals surface area contributed by atoms with Gasteiger partial charge in [0.05, 0.1) is 10.6 Å². The minimum atomic E-state index is -3.72. The summed E-state index contributed by atoms with van der Waals surface area (Å²) in [5.41, 5.74) is 5.90. The number of hydrogen-bond acceptors (Lipinski definition) is 4. The summed E-state index contributed by atoms with van der Waals surface area (Å²) in [6.07, 6.45) is 1.69. The molecule has 0 spiro atoms. The summed E-state index contributed by atoms with van der Waals surface area (Å²) in [5.74, 6) is 0.137. The first kappa shape index (κ1) is 16.2. The Morgan fingerprint density at radius 2 is 2.24 bits per heavy atom. The number of nitrogens with zero attached hydrogens (tertiary/aromatic N) is 2. The van der Waals surface area contributed by atoms with Gasteiger partial charge in [-0.15, -0.1) is 0 Å². The van der Waals surface area contributed by atoms with Gasteiger partial charge >= 0.3 is 0 Å². The molecule has 0 radical (unpaired) electrons. The molecule has 1 aromatic rings.